The van der Waals surface area contributed by atoms with Crippen LogP contribution in [0.1, 0.15) is 6.42 Å². The van der Waals surface area contributed by atoms with Crippen LogP contribution >= 0.6 is 37.5 Å². The number of aliphatic hydroxyl groups is 1. The molecule has 0 radical (unpaired) electrons. The molecule has 1 aromatic carbocycles. The monoisotopic (exact) mass is 278 g/mol. The number of rotatable bonds is 5. The molecule has 0 spiro atoms. The van der Waals surface area contributed by atoms with Crippen LogP contribution in [0.5, 0.6) is 0 Å². The van der Waals surface area contributed by atoms with E-state index in [0.29, 0.717) is 0 Å². The summed E-state index contributed by atoms with van der Waals surface area (Å²) >= 11 is 3.39. The number of benzene rings is 1. The molecule has 1 aromatic rings. The summed E-state index contributed by atoms with van der Waals surface area (Å²) in [6.07, 6.45) is 0.869. The Balaban J connectivity index is 2.25. The summed E-state index contributed by atoms with van der Waals surface area (Å²) in [4.78, 5) is 1.26. The van der Waals surface area contributed by atoms with E-state index in [1.165, 1.54) is 4.90 Å². The van der Waals surface area contributed by atoms with Gasteiger partial charge < -0.3 is 5.11 Å². The Morgan fingerprint density at radius 1 is 1.23 bits per heavy atom. The molecule has 1 nitrogen and oxygen atoms in total. The number of aliphatic hydroxyl groups excluding tert-OH is 1. The summed E-state index contributed by atoms with van der Waals surface area (Å²) in [5.74, 6) is 0.997. The first kappa shape index (κ1) is 11.4. The standard InChI is InChI=1S/C9H11BrOS2/c10-8-2-4-9(5-3-8)13-12-7-1-6-11/h2-5,11H,1,6-7H2. The SMILES string of the molecule is OCCCSSc1ccc(Br)cc1. The lowest BCUT2D eigenvalue weighted by molar-refractivity contribution is 0.296. The minimum absolute atomic E-state index is 0.286. The molecular weight excluding hydrogens is 268 g/mol. The van der Waals surface area contributed by atoms with Gasteiger partial charge in [0.15, 0.2) is 0 Å². The highest BCUT2D eigenvalue weighted by Gasteiger charge is 1.94. The minimum Gasteiger partial charge on any atom is -0.396 e. The van der Waals surface area contributed by atoms with Gasteiger partial charge in [-0.1, -0.05) is 37.5 Å². The van der Waals surface area contributed by atoms with Gasteiger partial charge in [-0.2, -0.15) is 0 Å². The second-order valence-electron chi connectivity index (χ2n) is 2.44. The van der Waals surface area contributed by atoms with E-state index in [1.54, 1.807) is 21.6 Å². The molecule has 0 heterocycles. The molecule has 0 amide bonds. The first-order valence-electron chi connectivity index (χ1n) is 3.99. The molecule has 72 valence electrons. The van der Waals surface area contributed by atoms with Gasteiger partial charge in [0.05, 0.1) is 0 Å². The van der Waals surface area contributed by atoms with Crippen molar-refractivity contribution in [2.75, 3.05) is 12.4 Å². The summed E-state index contributed by atoms with van der Waals surface area (Å²) in [7, 11) is 3.53. The van der Waals surface area contributed by atoms with E-state index in [0.717, 1.165) is 16.6 Å². The van der Waals surface area contributed by atoms with Gasteiger partial charge in [0.25, 0.3) is 0 Å². The Hall–Kier alpha value is 0.360. The zero-order chi connectivity index (χ0) is 9.52. The van der Waals surface area contributed by atoms with Crippen LogP contribution < -0.4 is 0 Å². The summed E-state index contributed by atoms with van der Waals surface area (Å²) in [5, 5.41) is 8.57. The number of hydrogen-bond donors (Lipinski definition) is 1. The third-order valence-corrected chi connectivity index (χ3v) is 4.35. The Morgan fingerprint density at radius 2 is 1.92 bits per heavy atom. The van der Waals surface area contributed by atoms with Crippen molar-refractivity contribution in [3.05, 3.63) is 28.7 Å². The molecule has 4 heteroatoms. The third kappa shape index (κ3) is 4.96. The van der Waals surface area contributed by atoms with Crippen molar-refractivity contribution in [1.82, 2.24) is 0 Å². The first-order valence-corrected chi connectivity index (χ1v) is 7.10. The van der Waals surface area contributed by atoms with Crippen LogP contribution in [0.3, 0.4) is 0 Å². The maximum absolute atomic E-state index is 8.57. The Morgan fingerprint density at radius 3 is 2.54 bits per heavy atom. The van der Waals surface area contributed by atoms with Crippen molar-refractivity contribution in [2.24, 2.45) is 0 Å². The number of hydrogen-bond acceptors (Lipinski definition) is 3. The Bertz CT molecular complexity index is 238. The highest BCUT2D eigenvalue weighted by Crippen LogP contribution is 2.31. The molecule has 1 N–H and O–H groups in total. The quantitative estimate of drug-likeness (QED) is 0.657. The topological polar surface area (TPSA) is 20.2 Å². The van der Waals surface area contributed by atoms with Gasteiger partial charge in [-0.15, -0.1) is 0 Å². The van der Waals surface area contributed by atoms with Gasteiger partial charge in [0, 0.05) is 21.7 Å². The molecular formula is C9H11BrOS2. The zero-order valence-corrected chi connectivity index (χ0v) is 10.3. The first-order chi connectivity index (χ1) is 6.33. The van der Waals surface area contributed by atoms with Gasteiger partial charge in [-0.05, 0) is 30.7 Å². The lowest BCUT2D eigenvalue weighted by Gasteiger charge is -1.99. The minimum atomic E-state index is 0.286. The molecule has 1 rings (SSSR count). The van der Waals surface area contributed by atoms with E-state index in [2.05, 4.69) is 28.1 Å². The fourth-order valence-electron chi connectivity index (χ4n) is 0.723. The van der Waals surface area contributed by atoms with Gasteiger partial charge in [-0.3, -0.25) is 0 Å². The predicted molar refractivity (Wildman–Crippen MR) is 64.2 cm³/mol. The summed E-state index contributed by atoms with van der Waals surface area (Å²) in [6.45, 7) is 0.286. The molecule has 0 atom stereocenters. The fourth-order valence-corrected chi connectivity index (χ4v) is 3.05. The summed E-state index contributed by atoms with van der Waals surface area (Å²) < 4.78 is 1.11. The molecule has 0 saturated carbocycles. The normalized spacial score (nSPS) is 10.3. The highest BCUT2D eigenvalue weighted by molar-refractivity contribution is 9.10. The molecule has 0 bridgehead atoms. The predicted octanol–water partition coefficient (Wildman–Crippen LogP) is 3.57. The highest BCUT2D eigenvalue weighted by atomic mass is 79.9. The lowest BCUT2D eigenvalue weighted by atomic mass is 10.4. The van der Waals surface area contributed by atoms with Crippen LogP contribution in [0, 0.1) is 0 Å². The molecule has 0 aromatic heterocycles. The molecule has 0 unspecified atom stereocenters. The van der Waals surface area contributed by atoms with E-state index >= 15 is 0 Å². The van der Waals surface area contributed by atoms with Crippen LogP contribution in [0.4, 0.5) is 0 Å². The van der Waals surface area contributed by atoms with Crippen LogP contribution in [0.15, 0.2) is 33.6 Å². The molecule has 0 fully saturated rings. The van der Waals surface area contributed by atoms with E-state index in [1.807, 2.05) is 12.1 Å². The summed E-state index contributed by atoms with van der Waals surface area (Å²) in [5.41, 5.74) is 0. The Labute approximate surface area is 94.8 Å². The molecule has 0 aliphatic rings. The van der Waals surface area contributed by atoms with Crippen molar-refractivity contribution in [3.8, 4) is 0 Å². The third-order valence-electron chi connectivity index (χ3n) is 1.35. The number of halogens is 1. The van der Waals surface area contributed by atoms with Gasteiger partial charge in [0.1, 0.15) is 0 Å². The largest absolute Gasteiger partial charge is 0.396 e. The second kappa shape index (κ2) is 6.76. The van der Waals surface area contributed by atoms with E-state index in [-0.39, 0.29) is 6.61 Å². The molecule has 13 heavy (non-hydrogen) atoms. The average molecular weight is 279 g/mol. The Kier molecular flexibility index (Phi) is 5.95. The van der Waals surface area contributed by atoms with Crippen molar-refractivity contribution in [1.29, 1.82) is 0 Å². The molecule has 0 aliphatic carbocycles. The van der Waals surface area contributed by atoms with Crippen molar-refractivity contribution in [3.63, 3.8) is 0 Å². The van der Waals surface area contributed by atoms with Crippen LogP contribution in [-0.2, 0) is 0 Å². The van der Waals surface area contributed by atoms with Crippen LogP contribution in [-0.4, -0.2) is 17.5 Å². The smallest absolute Gasteiger partial charge is 0.0439 e. The maximum atomic E-state index is 8.57. The van der Waals surface area contributed by atoms with Gasteiger partial charge >= 0.3 is 0 Å². The fraction of sp³-hybridized carbons (Fsp3) is 0.333. The zero-order valence-electron chi connectivity index (χ0n) is 7.07. The van der Waals surface area contributed by atoms with Crippen molar-refractivity contribution >= 4 is 37.5 Å². The van der Waals surface area contributed by atoms with E-state index in [4.69, 9.17) is 5.11 Å². The lowest BCUT2D eigenvalue weighted by Crippen LogP contribution is -1.82. The average Bonchev–Trinajstić information content (AvgIpc) is 2.15. The van der Waals surface area contributed by atoms with Crippen molar-refractivity contribution in [2.45, 2.75) is 11.3 Å². The molecule has 0 saturated heterocycles. The van der Waals surface area contributed by atoms with Gasteiger partial charge in [-0.25, -0.2) is 0 Å². The van der Waals surface area contributed by atoms with Crippen molar-refractivity contribution < 1.29 is 5.11 Å². The molecule has 0 aliphatic heterocycles. The summed E-state index contributed by atoms with van der Waals surface area (Å²) in [6, 6.07) is 8.24. The van der Waals surface area contributed by atoms with Crippen LogP contribution in [0.25, 0.3) is 0 Å². The van der Waals surface area contributed by atoms with Gasteiger partial charge in [0.2, 0.25) is 0 Å². The maximum Gasteiger partial charge on any atom is 0.0439 e. The second-order valence-corrected chi connectivity index (χ2v) is 5.84. The van der Waals surface area contributed by atoms with E-state index in [9.17, 15) is 0 Å². The van der Waals surface area contributed by atoms with E-state index < -0.39 is 0 Å². The van der Waals surface area contributed by atoms with Crippen LogP contribution in [0.2, 0.25) is 0 Å².